The molecule has 0 radical (unpaired) electrons. The highest BCUT2D eigenvalue weighted by atomic mass is 32.2. The Hall–Kier alpha value is -1.49. The van der Waals surface area contributed by atoms with Crippen LogP contribution >= 0.6 is 11.8 Å². The number of hydrogen-bond acceptors (Lipinski definition) is 4. The SMILES string of the molecule is CCC(=O)c1ccc(OCC(=O)N(C)C2CCSCC2)cc1. The van der Waals surface area contributed by atoms with Crippen LogP contribution in [0.2, 0.25) is 0 Å². The highest BCUT2D eigenvalue weighted by Gasteiger charge is 2.22. The monoisotopic (exact) mass is 321 g/mol. The minimum absolute atomic E-state index is 0.00520. The van der Waals surface area contributed by atoms with E-state index in [1.54, 1.807) is 24.3 Å². The third-order valence-electron chi connectivity index (χ3n) is 3.99. The number of Topliss-reactive ketones (excluding diaryl/α,β-unsaturated/α-hetero) is 1. The third-order valence-corrected chi connectivity index (χ3v) is 5.04. The lowest BCUT2D eigenvalue weighted by Crippen LogP contribution is -2.41. The average Bonchev–Trinajstić information content (AvgIpc) is 2.59. The fourth-order valence-electron chi connectivity index (χ4n) is 2.46. The summed E-state index contributed by atoms with van der Waals surface area (Å²) in [5.74, 6) is 2.98. The van der Waals surface area contributed by atoms with Gasteiger partial charge in [0.1, 0.15) is 5.75 Å². The van der Waals surface area contributed by atoms with E-state index in [4.69, 9.17) is 4.74 Å². The molecule has 1 fully saturated rings. The van der Waals surface area contributed by atoms with Crippen molar-refractivity contribution >= 4 is 23.5 Å². The quantitative estimate of drug-likeness (QED) is 0.756. The highest BCUT2D eigenvalue weighted by molar-refractivity contribution is 7.99. The van der Waals surface area contributed by atoms with Crippen LogP contribution in [0.1, 0.15) is 36.5 Å². The summed E-state index contributed by atoms with van der Waals surface area (Å²) in [5, 5.41) is 0. The van der Waals surface area contributed by atoms with Crippen LogP contribution in [0, 0.1) is 0 Å². The number of rotatable bonds is 6. The molecule has 0 spiro atoms. The van der Waals surface area contributed by atoms with Crippen LogP contribution in [-0.2, 0) is 4.79 Å². The molecule has 2 rings (SSSR count). The number of amides is 1. The first-order chi connectivity index (χ1) is 10.6. The van der Waals surface area contributed by atoms with Crippen molar-refractivity contribution in [3.05, 3.63) is 29.8 Å². The molecule has 0 aliphatic carbocycles. The summed E-state index contributed by atoms with van der Waals surface area (Å²) < 4.78 is 5.54. The summed E-state index contributed by atoms with van der Waals surface area (Å²) in [7, 11) is 1.86. The van der Waals surface area contributed by atoms with Gasteiger partial charge in [-0.1, -0.05) is 6.92 Å². The van der Waals surface area contributed by atoms with Crippen molar-refractivity contribution in [2.45, 2.75) is 32.2 Å². The Morgan fingerprint density at radius 2 is 1.86 bits per heavy atom. The molecule has 22 heavy (non-hydrogen) atoms. The maximum Gasteiger partial charge on any atom is 0.260 e. The van der Waals surface area contributed by atoms with Gasteiger partial charge in [0, 0.05) is 25.1 Å². The molecule has 1 amide bonds. The first-order valence-electron chi connectivity index (χ1n) is 7.71. The maximum atomic E-state index is 12.2. The Labute approximate surface area is 136 Å². The van der Waals surface area contributed by atoms with Gasteiger partial charge in [-0.15, -0.1) is 0 Å². The van der Waals surface area contributed by atoms with Crippen LogP contribution in [-0.4, -0.2) is 47.8 Å². The van der Waals surface area contributed by atoms with E-state index in [0.717, 1.165) is 24.3 Å². The van der Waals surface area contributed by atoms with Gasteiger partial charge in [0.15, 0.2) is 12.4 Å². The summed E-state index contributed by atoms with van der Waals surface area (Å²) in [5.41, 5.74) is 0.679. The van der Waals surface area contributed by atoms with Crippen molar-refractivity contribution in [1.29, 1.82) is 0 Å². The standard InChI is InChI=1S/C17H23NO3S/c1-3-16(19)13-4-6-15(7-5-13)21-12-17(20)18(2)14-8-10-22-11-9-14/h4-7,14H,3,8-12H2,1-2H3. The van der Waals surface area contributed by atoms with Crippen LogP contribution in [0.5, 0.6) is 5.75 Å². The average molecular weight is 321 g/mol. The number of thioether (sulfide) groups is 1. The molecule has 1 aromatic rings. The number of nitrogens with zero attached hydrogens (tertiary/aromatic N) is 1. The van der Waals surface area contributed by atoms with Crippen molar-refractivity contribution < 1.29 is 14.3 Å². The second-order valence-corrected chi connectivity index (χ2v) is 6.66. The maximum absolute atomic E-state index is 12.2. The van der Waals surface area contributed by atoms with Crippen molar-refractivity contribution in [3.63, 3.8) is 0 Å². The van der Waals surface area contributed by atoms with Crippen molar-refractivity contribution in [1.82, 2.24) is 4.90 Å². The van der Waals surface area contributed by atoms with Gasteiger partial charge in [-0.25, -0.2) is 0 Å². The van der Waals surface area contributed by atoms with Gasteiger partial charge in [-0.05, 0) is 48.6 Å². The van der Waals surface area contributed by atoms with Crippen molar-refractivity contribution in [2.75, 3.05) is 25.2 Å². The van der Waals surface area contributed by atoms with Gasteiger partial charge in [-0.3, -0.25) is 9.59 Å². The molecule has 1 saturated heterocycles. The van der Waals surface area contributed by atoms with E-state index in [1.807, 2.05) is 30.6 Å². The summed E-state index contributed by atoms with van der Waals surface area (Å²) >= 11 is 1.95. The summed E-state index contributed by atoms with van der Waals surface area (Å²) in [6, 6.07) is 7.31. The molecular formula is C17H23NO3S. The predicted octanol–water partition coefficient (Wildman–Crippen LogP) is 3.01. The molecule has 5 heteroatoms. The van der Waals surface area contributed by atoms with E-state index < -0.39 is 0 Å². The summed E-state index contributed by atoms with van der Waals surface area (Å²) in [6.45, 7) is 1.88. The van der Waals surface area contributed by atoms with Gasteiger partial charge < -0.3 is 9.64 Å². The Morgan fingerprint density at radius 1 is 1.23 bits per heavy atom. The third kappa shape index (κ3) is 4.50. The normalized spacial score (nSPS) is 15.4. The first-order valence-corrected chi connectivity index (χ1v) is 8.86. The Kier molecular flexibility index (Phi) is 6.31. The molecule has 1 aliphatic heterocycles. The van der Waals surface area contributed by atoms with Gasteiger partial charge in [0.2, 0.25) is 0 Å². The predicted molar refractivity (Wildman–Crippen MR) is 89.7 cm³/mol. The molecule has 120 valence electrons. The zero-order chi connectivity index (χ0) is 15.9. The van der Waals surface area contributed by atoms with E-state index in [2.05, 4.69) is 0 Å². The molecule has 0 saturated carbocycles. The van der Waals surface area contributed by atoms with Crippen molar-refractivity contribution in [3.8, 4) is 5.75 Å². The number of ketones is 1. The number of carbonyl (C=O) groups is 2. The smallest absolute Gasteiger partial charge is 0.260 e. The molecule has 1 heterocycles. The number of ether oxygens (including phenoxy) is 1. The van der Waals surface area contributed by atoms with E-state index in [1.165, 1.54) is 0 Å². The van der Waals surface area contributed by atoms with E-state index in [0.29, 0.717) is 23.8 Å². The zero-order valence-electron chi connectivity index (χ0n) is 13.2. The molecule has 0 atom stereocenters. The number of benzene rings is 1. The fraction of sp³-hybridized carbons (Fsp3) is 0.529. The minimum Gasteiger partial charge on any atom is -0.484 e. The number of carbonyl (C=O) groups excluding carboxylic acids is 2. The lowest BCUT2D eigenvalue weighted by atomic mass is 10.1. The molecule has 0 N–H and O–H groups in total. The van der Waals surface area contributed by atoms with Gasteiger partial charge in [-0.2, -0.15) is 11.8 Å². The lowest BCUT2D eigenvalue weighted by Gasteiger charge is -2.30. The number of likely N-dealkylation sites (N-methyl/N-ethyl adjacent to an activating group) is 1. The summed E-state index contributed by atoms with van der Waals surface area (Å²) in [4.78, 5) is 25.5. The van der Waals surface area contributed by atoms with E-state index in [-0.39, 0.29) is 18.3 Å². The molecule has 0 bridgehead atoms. The van der Waals surface area contributed by atoms with Crippen LogP contribution in [0.25, 0.3) is 0 Å². The molecule has 0 aromatic heterocycles. The molecular weight excluding hydrogens is 298 g/mol. The van der Waals surface area contributed by atoms with Crippen LogP contribution in [0.3, 0.4) is 0 Å². The Bertz CT molecular complexity index is 509. The second kappa shape index (κ2) is 8.22. The fourth-order valence-corrected chi connectivity index (χ4v) is 3.55. The highest BCUT2D eigenvalue weighted by Crippen LogP contribution is 2.21. The lowest BCUT2D eigenvalue weighted by molar-refractivity contribution is -0.134. The van der Waals surface area contributed by atoms with Gasteiger partial charge in [0.05, 0.1) is 0 Å². The van der Waals surface area contributed by atoms with Gasteiger partial charge >= 0.3 is 0 Å². The second-order valence-electron chi connectivity index (χ2n) is 5.44. The Balaban J connectivity index is 1.83. The van der Waals surface area contributed by atoms with Crippen LogP contribution in [0.15, 0.2) is 24.3 Å². The molecule has 4 nitrogen and oxygen atoms in total. The topological polar surface area (TPSA) is 46.6 Å². The molecule has 0 unspecified atom stereocenters. The van der Waals surface area contributed by atoms with Crippen LogP contribution < -0.4 is 4.74 Å². The first kappa shape index (κ1) is 16.9. The Morgan fingerprint density at radius 3 is 2.45 bits per heavy atom. The van der Waals surface area contributed by atoms with E-state index in [9.17, 15) is 9.59 Å². The summed E-state index contributed by atoms with van der Waals surface area (Å²) in [6.07, 6.45) is 2.60. The van der Waals surface area contributed by atoms with Crippen LogP contribution in [0.4, 0.5) is 0 Å². The number of hydrogen-bond donors (Lipinski definition) is 0. The molecule has 1 aliphatic rings. The zero-order valence-corrected chi connectivity index (χ0v) is 14.0. The van der Waals surface area contributed by atoms with Crippen molar-refractivity contribution in [2.24, 2.45) is 0 Å². The molecule has 1 aromatic carbocycles. The minimum atomic E-state index is 0.00520. The van der Waals surface area contributed by atoms with Gasteiger partial charge in [0.25, 0.3) is 5.91 Å². The van der Waals surface area contributed by atoms with E-state index >= 15 is 0 Å². The largest absolute Gasteiger partial charge is 0.484 e.